The molecule has 1 N–H and O–H groups in total. The van der Waals surface area contributed by atoms with Crippen molar-refractivity contribution in [3.05, 3.63) is 70.6 Å². The number of aryl methyl sites for hydroxylation is 2. The van der Waals surface area contributed by atoms with Crippen LogP contribution in [0.2, 0.25) is 0 Å². The monoisotopic (exact) mass is 512 g/mol. The third-order valence-corrected chi connectivity index (χ3v) is 6.65. The number of halogens is 2. The number of methoxy groups -OCH3 is 1. The van der Waals surface area contributed by atoms with Crippen molar-refractivity contribution in [1.29, 1.82) is 0 Å². The van der Waals surface area contributed by atoms with Gasteiger partial charge >= 0.3 is 5.97 Å². The van der Waals surface area contributed by atoms with Crippen LogP contribution in [0.4, 0.5) is 8.78 Å². The summed E-state index contributed by atoms with van der Waals surface area (Å²) in [6, 6.07) is 6.71. The first-order chi connectivity index (χ1) is 17.5. The Balaban J connectivity index is 1.93. The molecule has 0 fully saturated rings. The molecule has 2 heterocycles. The van der Waals surface area contributed by atoms with Gasteiger partial charge in [0.05, 0.1) is 23.4 Å². The van der Waals surface area contributed by atoms with Gasteiger partial charge in [-0.3, -0.25) is 4.79 Å². The molecule has 0 radical (unpaired) electrons. The van der Waals surface area contributed by atoms with Gasteiger partial charge in [0.15, 0.2) is 11.6 Å². The van der Waals surface area contributed by atoms with E-state index in [4.69, 9.17) is 9.47 Å². The fourth-order valence-corrected chi connectivity index (χ4v) is 5.09. The van der Waals surface area contributed by atoms with Crippen molar-refractivity contribution in [2.75, 3.05) is 26.9 Å². The van der Waals surface area contributed by atoms with Gasteiger partial charge in [-0.15, -0.1) is 0 Å². The Kier molecular flexibility index (Phi) is 7.10. The van der Waals surface area contributed by atoms with E-state index < -0.39 is 28.9 Å². The molecule has 1 aliphatic rings. The number of nitrogens with zero attached hydrogens (tertiary/aromatic N) is 2. The number of aromatic nitrogens is 1. The number of carbonyl (C=O) groups is 2. The lowest BCUT2D eigenvalue weighted by Crippen LogP contribution is -2.37. The number of benzene rings is 2. The molecule has 7 nitrogen and oxygen atoms in total. The van der Waals surface area contributed by atoms with Gasteiger partial charge in [0.2, 0.25) is 0 Å². The normalized spacial score (nSPS) is 14.8. The molecule has 196 valence electrons. The first-order valence-electron chi connectivity index (χ1n) is 12.0. The number of rotatable bonds is 7. The topological polar surface area (TPSA) is 81.0 Å². The molecule has 1 aliphatic heterocycles. The molecule has 0 unspecified atom stereocenters. The van der Waals surface area contributed by atoms with Crippen LogP contribution in [0.25, 0.3) is 16.5 Å². The molecule has 0 atom stereocenters. The minimum Gasteiger partial charge on any atom is -0.491 e. The van der Waals surface area contributed by atoms with E-state index in [1.54, 1.807) is 7.11 Å². The minimum atomic E-state index is -1.20. The van der Waals surface area contributed by atoms with Crippen molar-refractivity contribution in [3.8, 4) is 5.75 Å². The first-order valence-corrected chi connectivity index (χ1v) is 12.0. The Morgan fingerprint density at radius 1 is 1.11 bits per heavy atom. The third-order valence-electron chi connectivity index (χ3n) is 6.65. The van der Waals surface area contributed by atoms with Crippen molar-refractivity contribution in [2.45, 2.75) is 39.7 Å². The maximum atomic E-state index is 13.9. The summed E-state index contributed by atoms with van der Waals surface area (Å²) < 4.78 is 40.2. The van der Waals surface area contributed by atoms with Crippen LogP contribution >= 0.6 is 0 Å². The minimum absolute atomic E-state index is 0.0594. The zero-order valence-corrected chi connectivity index (χ0v) is 21.5. The lowest BCUT2D eigenvalue weighted by atomic mass is 9.81. The van der Waals surface area contributed by atoms with Gasteiger partial charge < -0.3 is 24.0 Å². The molecule has 4 rings (SSSR count). The number of carboxylic acids is 1. The lowest BCUT2D eigenvalue weighted by molar-refractivity contribution is -0.130. The quantitative estimate of drug-likeness (QED) is 0.444. The summed E-state index contributed by atoms with van der Waals surface area (Å²) >= 11 is 0. The number of carbonyl (C=O) groups excluding carboxylic acids is 1. The standard InChI is InChI=1S/C28H30F2N2O5/c1-6-32-22-13-18(37-10-9-36-5)11-16(2)23(22)24-25(32)19(27(34)35)14-31(15-28(24,3)4)26(33)17-7-8-20(29)21(30)12-17/h7-8,11-14H,6,9-10,15H2,1-5H3,(H,34,35). The molecule has 0 spiro atoms. The number of ether oxygens (including phenoxy) is 2. The maximum absolute atomic E-state index is 13.9. The Hall–Kier alpha value is -3.72. The average Bonchev–Trinajstić information content (AvgIpc) is 3.12. The first kappa shape index (κ1) is 26.3. The van der Waals surface area contributed by atoms with Gasteiger partial charge in [-0.25, -0.2) is 13.6 Å². The van der Waals surface area contributed by atoms with Gasteiger partial charge in [-0.05, 0) is 49.2 Å². The molecule has 9 heteroatoms. The summed E-state index contributed by atoms with van der Waals surface area (Å²) in [5.74, 6) is -3.37. The SMILES string of the molecule is CCn1c2c(c3c(C)cc(OCCOC)cc31)C(C)(C)CN(C(=O)c1ccc(F)c(F)c1)C=C2C(=O)O. The highest BCUT2D eigenvalue weighted by Gasteiger charge is 2.39. The molecule has 37 heavy (non-hydrogen) atoms. The summed E-state index contributed by atoms with van der Waals surface area (Å²) in [7, 11) is 1.60. The molecule has 1 aromatic heterocycles. The van der Waals surface area contributed by atoms with Gasteiger partial charge in [0.25, 0.3) is 5.91 Å². The molecule has 3 aromatic rings. The van der Waals surface area contributed by atoms with Crippen LogP contribution in [0, 0.1) is 18.6 Å². The third kappa shape index (κ3) is 4.71. The molecule has 0 aliphatic carbocycles. The Morgan fingerprint density at radius 3 is 2.46 bits per heavy atom. The lowest BCUT2D eigenvalue weighted by Gasteiger charge is -2.30. The summed E-state index contributed by atoms with van der Waals surface area (Å²) in [5, 5.41) is 11.2. The number of amides is 1. The second-order valence-corrected chi connectivity index (χ2v) is 9.74. The molecular weight excluding hydrogens is 482 g/mol. The second kappa shape index (κ2) is 9.97. The number of hydrogen-bond acceptors (Lipinski definition) is 4. The summed E-state index contributed by atoms with van der Waals surface area (Å²) in [6.07, 6.45) is 1.30. The fraction of sp³-hybridized carbons (Fsp3) is 0.357. The van der Waals surface area contributed by atoms with E-state index in [1.165, 1.54) is 17.2 Å². The molecular formula is C28H30F2N2O5. The maximum Gasteiger partial charge on any atom is 0.339 e. The predicted molar refractivity (Wildman–Crippen MR) is 136 cm³/mol. The van der Waals surface area contributed by atoms with E-state index in [0.717, 1.165) is 34.2 Å². The van der Waals surface area contributed by atoms with Crippen molar-refractivity contribution >= 4 is 28.4 Å². The summed E-state index contributed by atoms with van der Waals surface area (Å²) in [6.45, 7) is 9.17. The van der Waals surface area contributed by atoms with Crippen LogP contribution in [-0.2, 0) is 21.5 Å². The largest absolute Gasteiger partial charge is 0.491 e. The smallest absolute Gasteiger partial charge is 0.339 e. The van der Waals surface area contributed by atoms with Crippen LogP contribution in [0.5, 0.6) is 5.75 Å². The number of hydrogen-bond donors (Lipinski definition) is 1. The van der Waals surface area contributed by atoms with Crippen molar-refractivity contribution in [3.63, 3.8) is 0 Å². The fourth-order valence-electron chi connectivity index (χ4n) is 5.09. The average molecular weight is 513 g/mol. The number of carboxylic acid groups (broad SMARTS) is 1. The van der Waals surface area contributed by atoms with Gasteiger partial charge in [0.1, 0.15) is 12.4 Å². The van der Waals surface area contributed by atoms with Crippen LogP contribution in [0.1, 0.15) is 48.0 Å². The molecule has 0 saturated carbocycles. The van der Waals surface area contributed by atoms with Crippen LogP contribution in [-0.4, -0.2) is 53.3 Å². The van der Waals surface area contributed by atoms with Crippen LogP contribution in [0.3, 0.4) is 0 Å². The molecule has 2 aromatic carbocycles. The second-order valence-electron chi connectivity index (χ2n) is 9.74. The van der Waals surface area contributed by atoms with E-state index in [9.17, 15) is 23.5 Å². The van der Waals surface area contributed by atoms with E-state index in [1.807, 2.05) is 44.4 Å². The number of aliphatic carboxylic acids is 1. The van der Waals surface area contributed by atoms with Crippen molar-refractivity contribution < 1.29 is 33.0 Å². The zero-order valence-electron chi connectivity index (χ0n) is 21.5. The van der Waals surface area contributed by atoms with E-state index in [0.29, 0.717) is 31.2 Å². The van der Waals surface area contributed by atoms with E-state index in [-0.39, 0.29) is 17.7 Å². The highest BCUT2D eigenvalue weighted by Crippen LogP contribution is 2.44. The van der Waals surface area contributed by atoms with Gasteiger partial charge in [-0.2, -0.15) is 0 Å². The van der Waals surface area contributed by atoms with Gasteiger partial charge in [0, 0.05) is 48.8 Å². The van der Waals surface area contributed by atoms with Crippen LogP contribution < -0.4 is 4.74 Å². The Morgan fingerprint density at radius 2 is 1.84 bits per heavy atom. The number of fused-ring (bicyclic) bond motifs is 3. The van der Waals surface area contributed by atoms with Crippen molar-refractivity contribution in [2.24, 2.45) is 0 Å². The van der Waals surface area contributed by atoms with Crippen molar-refractivity contribution in [1.82, 2.24) is 9.47 Å². The molecule has 0 bridgehead atoms. The highest BCUT2D eigenvalue weighted by atomic mass is 19.2. The van der Waals surface area contributed by atoms with Crippen LogP contribution in [0.15, 0.2) is 36.5 Å². The Labute approximate surface area is 213 Å². The molecule has 1 amide bonds. The van der Waals surface area contributed by atoms with E-state index in [2.05, 4.69) is 0 Å². The highest BCUT2D eigenvalue weighted by molar-refractivity contribution is 6.18. The summed E-state index contributed by atoms with van der Waals surface area (Å²) in [5.41, 5.74) is 2.23. The van der Waals surface area contributed by atoms with Gasteiger partial charge in [-0.1, -0.05) is 13.8 Å². The predicted octanol–water partition coefficient (Wildman–Crippen LogP) is 5.13. The zero-order chi connectivity index (χ0) is 27.1. The Bertz CT molecular complexity index is 1420. The van der Waals surface area contributed by atoms with E-state index >= 15 is 0 Å². The summed E-state index contributed by atoms with van der Waals surface area (Å²) in [4.78, 5) is 27.2. The molecule has 0 saturated heterocycles.